The number of hydrogen-bond acceptors (Lipinski definition) is 6. The number of hydrogen-bond donors (Lipinski definition) is 1. The van der Waals surface area contributed by atoms with Gasteiger partial charge in [-0.3, -0.25) is 14.3 Å². The van der Waals surface area contributed by atoms with Gasteiger partial charge in [0.25, 0.3) is 11.5 Å². The van der Waals surface area contributed by atoms with Gasteiger partial charge in [0.2, 0.25) is 0 Å². The summed E-state index contributed by atoms with van der Waals surface area (Å²) in [5, 5.41) is 8.72. The molecule has 10 heteroatoms. The maximum Gasteiger partial charge on any atom is 0.275 e. The summed E-state index contributed by atoms with van der Waals surface area (Å²) >= 11 is 0. The van der Waals surface area contributed by atoms with Gasteiger partial charge in [0.05, 0.1) is 11.9 Å². The third kappa shape index (κ3) is 2.99. The summed E-state index contributed by atoms with van der Waals surface area (Å²) < 4.78 is 5.00. The molecule has 4 aromatic heterocycles. The normalized spacial score (nSPS) is 13.4. The predicted octanol–water partition coefficient (Wildman–Crippen LogP) is 2.20. The van der Waals surface area contributed by atoms with E-state index in [4.69, 9.17) is 5.73 Å². The van der Waals surface area contributed by atoms with E-state index in [1.165, 1.54) is 17.0 Å². The Balaban J connectivity index is 1.47. The van der Waals surface area contributed by atoms with Crippen molar-refractivity contribution in [3.63, 3.8) is 0 Å². The molecular formula is C24H20N8O2. The summed E-state index contributed by atoms with van der Waals surface area (Å²) in [5.41, 5.74) is 11.3. The van der Waals surface area contributed by atoms with Crippen LogP contribution < -0.4 is 16.2 Å². The van der Waals surface area contributed by atoms with Gasteiger partial charge in [-0.05, 0) is 24.3 Å². The van der Waals surface area contributed by atoms with E-state index in [-0.39, 0.29) is 11.5 Å². The van der Waals surface area contributed by atoms with Crippen LogP contribution in [0.15, 0.2) is 72.0 Å². The summed E-state index contributed by atoms with van der Waals surface area (Å²) in [5.74, 6) is 0.160. The SMILES string of the molecule is Cn1cc(-c2cc(-c3cccc(N4CCn5c(cccc5=O)C4=O)c3)n3ncnc(N)c23)cn1. The Hall–Kier alpha value is -4.73. The third-order valence-electron chi connectivity index (χ3n) is 6.11. The van der Waals surface area contributed by atoms with E-state index in [0.29, 0.717) is 30.1 Å². The molecule has 5 heterocycles. The molecule has 6 rings (SSSR count). The molecule has 0 radical (unpaired) electrons. The van der Waals surface area contributed by atoms with Crippen molar-refractivity contribution in [2.45, 2.75) is 6.54 Å². The second-order valence-corrected chi connectivity index (χ2v) is 8.16. The van der Waals surface area contributed by atoms with E-state index in [0.717, 1.165) is 28.1 Å². The lowest BCUT2D eigenvalue weighted by atomic mass is 10.1. The van der Waals surface area contributed by atoms with Gasteiger partial charge in [0, 0.05) is 54.8 Å². The molecule has 168 valence electrons. The maximum absolute atomic E-state index is 13.2. The molecule has 10 nitrogen and oxygen atoms in total. The number of aryl methyl sites for hydroxylation is 1. The number of nitrogens with two attached hydrogens (primary N) is 1. The summed E-state index contributed by atoms with van der Waals surface area (Å²) in [4.78, 5) is 31.2. The molecule has 0 bridgehead atoms. The summed E-state index contributed by atoms with van der Waals surface area (Å²) in [6, 6.07) is 14.5. The quantitative estimate of drug-likeness (QED) is 0.449. The molecule has 5 aromatic rings. The summed E-state index contributed by atoms with van der Waals surface area (Å²) in [7, 11) is 1.86. The van der Waals surface area contributed by atoms with Crippen LogP contribution >= 0.6 is 0 Å². The third-order valence-corrected chi connectivity index (χ3v) is 6.11. The highest BCUT2D eigenvalue weighted by Gasteiger charge is 2.26. The Morgan fingerprint density at radius 2 is 1.79 bits per heavy atom. The minimum atomic E-state index is -0.205. The molecule has 34 heavy (non-hydrogen) atoms. The number of amides is 1. The average molecular weight is 452 g/mol. The number of fused-ring (bicyclic) bond motifs is 2. The molecule has 0 atom stereocenters. The first-order valence-corrected chi connectivity index (χ1v) is 10.7. The van der Waals surface area contributed by atoms with Gasteiger partial charge in [-0.15, -0.1) is 0 Å². The molecule has 1 amide bonds. The lowest BCUT2D eigenvalue weighted by molar-refractivity contribution is 0.0963. The van der Waals surface area contributed by atoms with Crippen LogP contribution in [0.25, 0.3) is 27.9 Å². The number of benzene rings is 1. The van der Waals surface area contributed by atoms with Crippen LogP contribution in [0.5, 0.6) is 0 Å². The van der Waals surface area contributed by atoms with Crippen molar-refractivity contribution in [1.29, 1.82) is 0 Å². The molecule has 1 aliphatic heterocycles. The van der Waals surface area contributed by atoms with E-state index in [9.17, 15) is 9.59 Å². The van der Waals surface area contributed by atoms with Crippen LogP contribution in [0.3, 0.4) is 0 Å². The van der Waals surface area contributed by atoms with Gasteiger partial charge >= 0.3 is 0 Å². The number of nitrogens with zero attached hydrogens (tertiary/aromatic N) is 7. The Morgan fingerprint density at radius 1 is 0.941 bits per heavy atom. The molecule has 0 fully saturated rings. The minimum absolute atomic E-state index is 0.167. The van der Waals surface area contributed by atoms with Crippen molar-refractivity contribution in [2.24, 2.45) is 7.05 Å². The van der Waals surface area contributed by atoms with Gasteiger partial charge in [-0.2, -0.15) is 10.2 Å². The smallest absolute Gasteiger partial charge is 0.275 e. The van der Waals surface area contributed by atoms with Crippen LogP contribution in [0.1, 0.15) is 10.5 Å². The predicted molar refractivity (Wildman–Crippen MR) is 127 cm³/mol. The second-order valence-electron chi connectivity index (χ2n) is 8.16. The van der Waals surface area contributed by atoms with Crippen molar-refractivity contribution in [2.75, 3.05) is 17.2 Å². The molecule has 1 aromatic carbocycles. The zero-order valence-electron chi connectivity index (χ0n) is 18.3. The highest BCUT2D eigenvalue weighted by atomic mass is 16.2. The number of aromatic nitrogens is 6. The fourth-order valence-electron chi connectivity index (χ4n) is 4.51. The van der Waals surface area contributed by atoms with Gasteiger partial charge in [-0.25, -0.2) is 9.50 Å². The molecule has 0 aliphatic carbocycles. The van der Waals surface area contributed by atoms with E-state index >= 15 is 0 Å². The fourth-order valence-corrected chi connectivity index (χ4v) is 4.51. The van der Waals surface area contributed by atoms with Gasteiger partial charge < -0.3 is 15.2 Å². The topological polar surface area (TPSA) is 116 Å². The van der Waals surface area contributed by atoms with Gasteiger partial charge in [-0.1, -0.05) is 18.2 Å². The Kier molecular flexibility index (Phi) is 4.34. The number of pyridine rings is 1. The first-order valence-electron chi connectivity index (χ1n) is 10.7. The Morgan fingerprint density at radius 3 is 2.62 bits per heavy atom. The van der Waals surface area contributed by atoms with Crippen molar-refractivity contribution >= 4 is 22.9 Å². The van der Waals surface area contributed by atoms with Crippen LogP contribution in [-0.4, -0.2) is 41.4 Å². The first-order chi connectivity index (χ1) is 16.5. The lowest BCUT2D eigenvalue weighted by Gasteiger charge is -2.29. The second kappa shape index (κ2) is 7.41. The first kappa shape index (κ1) is 19.9. The van der Waals surface area contributed by atoms with Gasteiger partial charge in [0.1, 0.15) is 17.5 Å². The Labute approximate surface area is 193 Å². The minimum Gasteiger partial charge on any atom is -0.382 e. The van der Waals surface area contributed by atoms with Crippen molar-refractivity contribution in [3.8, 4) is 22.4 Å². The van der Waals surface area contributed by atoms with Crippen molar-refractivity contribution < 1.29 is 4.79 Å². The fraction of sp³-hybridized carbons (Fsp3) is 0.125. The molecule has 1 aliphatic rings. The number of rotatable bonds is 3. The number of nitrogen functional groups attached to an aromatic ring is 1. The molecule has 0 saturated carbocycles. The maximum atomic E-state index is 13.2. The number of anilines is 2. The van der Waals surface area contributed by atoms with Crippen LogP contribution in [0, 0.1) is 0 Å². The molecular weight excluding hydrogens is 432 g/mol. The standard InChI is InChI=1S/C24H20N8O2/c1-29-13-16(12-27-29)18-11-20(32-22(18)23(25)26-14-28-32)15-4-2-5-17(10-15)30-8-9-31-19(24(30)34)6-3-7-21(31)33/h2-7,10-14H,8-9H2,1H3,(H2,25,26,28). The Bertz CT molecular complexity index is 1640. The molecule has 2 N–H and O–H groups in total. The van der Waals surface area contributed by atoms with E-state index in [2.05, 4.69) is 15.2 Å². The molecule has 0 unspecified atom stereocenters. The highest BCUT2D eigenvalue weighted by molar-refractivity contribution is 6.06. The largest absolute Gasteiger partial charge is 0.382 e. The molecule has 0 spiro atoms. The van der Waals surface area contributed by atoms with Crippen molar-refractivity contribution in [1.82, 2.24) is 28.9 Å². The van der Waals surface area contributed by atoms with Gasteiger partial charge in [0.15, 0.2) is 5.82 Å². The van der Waals surface area contributed by atoms with Crippen molar-refractivity contribution in [3.05, 3.63) is 83.3 Å². The summed E-state index contributed by atoms with van der Waals surface area (Å²) in [6.07, 6.45) is 5.10. The number of carbonyl (C=O) groups excluding carboxylic acids is 1. The van der Waals surface area contributed by atoms with Crippen LogP contribution in [-0.2, 0) is 13.6 Å². The van der Waals surface area contributed by atoms with Crippen LogP contribution in [0.4, 0.5) is 11.5 Å². The monoisotopic (exact) mass is 452 g/mol. The van der Waals surface area contributed by atoms with E-state index in [1.807, 2.05) is 43.6 Å². The van der Waals surface area contributed by atoms with E-state index < -0.39 is 0 Å². The lowest BCUT2D eigenvalue weighted by Crippen LogP contribution is -2.44. The highest BCUT2D eigenvalue weighted by Crippen LogP contribution is 2.35. The van der Waals surface area contributed by atoms with E-state index in [1.54, 1.807) is 32.4 Å². The number of carbonyl (C=O) groups is 1. The van der Waals surface area contributed by atoms with Crippen LogP contribution in [0.2, 0.25) is 0 Å². The summed E-state index contributed by atoms with van der Waals surface area (Å²) in [6.45, 7) is 0.845. The zero-order chi connectivity index (χ0) is 23.4. The zero-order valence-corrected chi connectivity index (χ0v) is 18.3. The average Bonchev–Trinajstić information content (AvgIpc) is 3.44. The molecule has 0 saturated heterocycles.